The minimum atomic E-state index is -0.0114. The van der Waals surface area contributed by atoms with Gasteiger partial charge in [-0.1, -0.05) is 24.7 Å². The summed E-state index contributed by atoms with van der Waals surface area (Å²) in [6.45, 7) is 4.15. The minimum absolute atomic E-state index is 0.0114. The van der Waals surface area contributed by atoms with Crippen molar-refractivity contribution in [1.82, 2.24) is 14.3 Å². The fraction of sp³-hybridized carbons (Fsp3) is 0.467. The Labute approximate surface area is 124 Å². The number of pyridine rings is 1. The van der Waals surface area contributed by atoms with Gasteiger partial charge in [0.1, 0.15) is 11.7 Å². The molecule has 1 atom stereocenters. The smallest absolute Gasteiger partial charge is 0.137 e. The molecule has 106 valence electrons. The zero-order valence-electron chi connectivity index (χ0n) is 11.7. The average Bonchev–Trinajstić information content (AvgIpc) is 2.77. The minimum Gasteiger partial charge on any atom is -0.392 e. The van der Waals surface area contributed by atoms with Crippen molar-refractivity contribution in [3.05, 3.63) is 35.8 Å². The molecular weight excluding hydrogens is 268 g/mol. The van der Waals surface area contributed by atoms with Crippen molar-refractivity contribution in [3.63, 3.8) is 0 Å². The molecule has 2 aromatic heterocycles. The van der Waals surface area contributed by atoms with Gasteiger partial charge in [0.2, 0.25) is 0 Å². The maximum Gasteiger partial charge on any atom is 0.137 e. The number of hydrogen-bond acceptors (Lipinski definition) is 3. The first-order valence-electron chi connectivity index (χ1n) is 7.15. The third kappa shape index (κ3) is 2.31. The predicted molar refractivity (Wildman–Crippen MR) is 84.9 cm³/mol. The number of aromatic nitrogens is 2. The van der Waals surface area contributed by atoms with Crippen molar-refractivity contribution in [1.29, 1.82) is 0 Å². The number of likely N-dealkylation sites (tertiary alicyclic amines) is 1. The summed E-state index contributed by atoms with van der Waals surface area (Å²) < 4.78 is 2.12. The summed E-state index contributed by atoms with van der Waals surface area (Å²) in [7, 11) is 0. The molecule has 1 aliphatic heterocycles. The summed E-state index contributed by atoms with van der Waals surface area (Å²) in [6.07, 6.45) is 5.77. The predicted octanol–water partition coefficient (Wildman–Crippen LogP) is 2.46. The number of rotatable bonds is 3. The first kappa shape index (κ1) is 13.5. The van der Waals surface area contributed by atoms with E-state index in [0.717, 1.165) is 30.1 Å². The van der Waals surface area contributed by atoms with Crippen LogP contribution in [0.5, 0.6) is 0 Å². The van der Waals surface area contributed by atoms with Crippen LogP contribution in [0, 0.1) is 6.92 Å². The highest BCUT2D eigenvalue weighted by molar-refractivity contribution is 7.80. The molecule has 0 aliphatic carbocycles. The lowest BCUT2D eigenvalue weighted by atomic mass is 10.0. The van der Waals surface area contributed by atoms with E-state index in [1.54, 1.807) is 0 Å². The van der Waals surface area contributed by atoms with Gasteiger partial charge < -0.3 is 10.1 Å². The number of nitrogens with zero attached hydrogens (tertiary/aromatic N) is 3. The lowest BCUT2D eigenvalue weighted by Gasteiger charge is -2.34. The second-order valence-corrected chi connectivity index (χ2v) is 5.88. The van der Waals surface area contributed by atoms with Crippen LogP contribution in [-0.4, -0.2) is 32.4 Å². The number of aryl methyl sites for hydroxylation is 1. The van der Waals surface area contributed by atoms with Crippen LogP contribution in [0.25, 0.3) is 5.65 Å². The zero-order valence-corrected chi connectivity index (χ0v) is 12.6. The first-order chi connectivity index (χ1) is 9.68. The molecule has 2 aromatic rings. The molecule has 5 heteroatoms. The topological polar surface area (TPSA) is 46.6 Å². The van der Waals surface area contributed by atoms with Gasteiger partial charge >= 0.3 is 0 Å². The summed E-state index contributed by atoms with van der Waals surface area (Å²) in [6, 6.07) is 6.03. The van der Waals surface area contributed by atoms with Crippen LogP contribution >= 0.6 is 12.2 Å². The van der Waals surface area contributed by atoms with Gasteiger partial charge in [0.15, 0.2) is 0 Å². The molecule has 3 rings (SSSR count). The highest BCUT2D eigenvalue weighted by Gasteiger charge is 2.29. The molecule has 1 saturated heterocycles. The Bertz CT molecular complexity index is 628. The number of fused-ring (bicyclic) bond motifs is 1. The van der Waals surface area contributed by atoms with Crippen molar-refractivity contribution in [2.45, 2.75) is 32.2 Å². The standard InChI is InChI=1S/C15H20N4S/c1-11-13(19-10-6-3-7-12(19)17-11)14(15(16)20)18-8-4-2-5-9-18/h3,6-7,10,14H,2,4-5,8-9H2,1H3,(H2,16,20). The Balaban J connectivity index is 2.09. The fourth-order valence-electron chi connectivity index (χ4n) is 3.13. The molecule has 3 heterocycles. The molecule has 1 unspecified atom stereocenters. The number of thiocarbonyl (C=S) groups is 1. The molecule has 4 nitrogen and oxygen atoms in total. The molecule has 2 N–H and O–H groups in total. The van der Waals surface area contributed by atoms with Gasteiger partial charge in [-0.05, 0) is 45.0 Å². The summed E-state index contributed by atoms with van der Waals surface area (Å²) in [4.78, 5) is 7.57. The Morgan fingerprint density at radius 3 is 2.75 bits per heavy atom. The second kappa shape index (κ2) is 5.50. The Morgan fingerprint density at radius 1 is 1.30 bits per heavy atom. The van der Waals surface area contributed by atoms with Crippen molar-refractivity contribution in [2.24, 2.45) is 5.73 Å². The van der Waals surface area contributed by atoms with Gasteiger partial charge in [0, 0.05) is 6.20 Å². The van der Waals surface area contributed by atoms with E-state index in [4.69, 9.17) is 18.0 Å². The van der Waals surface area contributed by atoms with Crippen LogP contribution in [0.1, 0.15) is 36.7 Å². The van der Waals surface area contributed by atoms with Crippen molar-refractivity contribution in [3.8, 4) is 0 Å². The maximum atomic E-state index is 6.07. The lowest BCUT2D eigenvalue weighted by molar-refractivity contribution is 0.200. The lowest BCUT2D eigenvalue weighted by Crippen LogP contribution is -2.40. The molecule has 1 fully saturated rings. The van der Waals surface area contributed by atoms with Crippen LogP contribution in [0.3, 0.4) is 0 Å². The normalized spacial score (nSPS) is 18.2. The van der Waals surface area contributed by atoms with Gasteiger partial charge in [0.25, 0.3) is 0 Å². The number of hydrogen-bond donors (Lipinski definition) is 1. The second-order valence-electron chi connectivity index (χ2n) is 5.41. The molecular formula is C15H20N4S. The van der Waals surface area contributed by atoms with Gasteiger partial charge in [-0.15, -0.1) is 0 Å². The third-order valence-electron chi connectivity index (χ3n) is 4.04. The quantitative estimate of drug-likeness (QED) is 0.881. The molecule has 0 radical (unpaired) electrons. The summed E-state index contributed by atoms with van der Waals surface area (Å²) in [5, 5.41) is 0. The monoisotopic (exact) mass is 288 g/mol. The summed E-state index contributed by atoms with van der Waals surface area (Å²) in [5.41, 5.74) is 9.16. The van der Waals surface area contributed by atoms with Gasteiger partial charge in [-0.2, -0.15) is 0 Å². The van der Waals surface area contributed by atoms with Gasteiger partial charge in [0.05, 0.1) is 16.4 Å². The largest absolute Gasteiger partial charge is 0.392 e. The number of imidazole rings is 1. The van der Waals surface area contributed by atoms with Crippen molar-refractivity contribution in [2.75, 3.05) is 13.1 Å². The number of nitrogens with two attached hydrogens (primary N) is 1. The summed E-state index contributed by atoms with van der Waals surface area (Å²) in [5.74, 6) is 0. The molecule has 0 saturated carbocycles. The zero-order chi connectivity index (χ0) is 14.1. The summed E-state index contributed by atoms with van der Waals surface area (Å²) >= 11 is 5.36. The molecule has 20 heavy (non-hydrogen) atoms. The molecule has 0 bridgehead atoms. The van der Waals surface area contributed by atoms with Crippen LogP contribution in [0.2, 0.25) is 0 Å². The SMILES string of the molecule is Cc1nc2ccccn2c1C(C(N)=S)N1CCCCC1. The Hall–Kier alpha value is -1.46. The van der Waals surface area contributed by atoms with Crippen molar-refractivity contribution < 1.29 is 0 Å². The van der Waals surface area contributed by atoms with Crippen LogP contribution in [-0.2, 0) is 0 Å². The highest BCUT2D eigenvalue weighted by Crippen LogP contribution is 2.28. The Kier molecular flexibility index (Phi) is 3.72. The van der Waals surface area contributed by atoms with Gasteiger partial charge in [-0.3, -0.25) is 4.90 Å². The van der Waals surface area contributed by atoms with Gasteiger partial charge in [-0.25, -0.2) is 4.98 Å². The van der Waals surface area contributed by atoms with E-state index >= 15 is 0 Å². The maximum absolute atomic E-state index is 6.07. The van der Waals surface area contributed by atoms with E-state index in [2.05, 4.69) is 14.3 Å². The van der Waals surface area contributed by atoms with E-state index < -0.39 is 0 Å². The fourth-order valence-corrected chi connectivity index (χ4v) is 3.39. The van der Waals surface area contributed by atoms with Crippen LogP contribution < -0.4 is 5.73 Å². The molecule has 0 spiro atoms. The van der Waals surface area contributed by atoms with E-state index in [1.165, 1.54) is 19.3 Å². The van der Waals surface area contributed by atoms with Crippen LogP contribution in [0.15, 0.2) is 24.4 Å². The third-order valence-corrected chi connectivity index (χ3v) is 4.26. The first-order valence-corrected chi connectivity index (χ1v) is 7.56. The van der Waals surface area contributed by atoms with Crippen LogP contribution in [0.4, 0.5) is 0 Å². The Morgan fingerprint density at radius 2 is 2.05 bits per heavy atom. The van der Waals surface area contributed by atoms with E-state index in [-0.39, 0.29) is 6.04 Å². The van der Waals surface area contributed by atoms with E-state index in [1.807, 2.05) is 31.3 Å². The van der Waals surface area contributed by atoms with E-state index in [9.17, 15) is 0 Å². The average molecular weight is 288 g/mol. The molecule has 1 aliphatic rings. The molecule has 0 amide bonds. The number of piperidine rings is 1. The van der Waals surface area contributed by atoms with Crippen molar-refractivity contribution >= 4 is 22.9 Å². The highest BCUT2D eigenvalue weighted by atomic mass is 32.1. The molecule has 0 aromatic carbocycles. The van der Waals surface area contributed by atoms with E-state index in [0.29, 0.717) is 4.99 Å².